The highest BCUT2D eigenvalue weighted by Crippen LogP contribution is 2.15. The summed E-state index contributed by atoms with van der Waals surface area (Å²) in [5.41, 5.74) is 2.30. The second-order valence-corrected chi connectivity index (χ2v) is 5.12. The topological polar surface area (TPSA) is 43.8 Å². The lowest BCUT2D eigenvalue weighted by Gasteiger charge is -2.26. The third-order valence-electron chi connectivity index (χ3n) is 3.39. The van der Waals surface area contributed by atoms with Crippen molar-refractivity contribution in [2.45, 2.75) is 32.9 Å². The van der Waals surface area contributed by atoms with Gasteiger partial charge in [-0.2, -0.15) is 0 Å². The molecule has 1 aromatic rings. The summed E-state index contributed by atoms with van der Waals surface area (Å²) in [7, 11) is 4.01. The maximum absolute atomic E-state index is 10.9. The largest absolute Gasteiger partial charge is 0.480 e. The van der Waals surface area contributed by atoms with Crippen LogP contribution >= 0.6 is 0 Å². The van der Waals surface area contributed by atoms with E-state index in [2.05, 4.69) is 38.1 Å². The molecular formula is C15H24N2O2. The first-order valence-corrected chi connectivity index (χ1v) is 6.66. The average molecular weight is 264 g/mol. The van der Waals surface area contributed by atoms with Crippen LogP contribution in [0.2, 0.25) is 0 Å². The van der Waals surface area contributed by atoms with Gasteiger partial charge in [-0.05, 0) is 31.0 Å². The molecule has 1 aromatic carbocycles. The Kier molecular flexibility index (Phi) is 5.83. The first kappa shape index (κ1) is 15.5. The molecule has 0 fully saturated rings. The molecule has 4 heteroatoms. The SMILES string of the molecule is CCC(C)N(CC(=O)O)Cc1ccc(N(C)C)cc1. The predicted molar refractivity (Wildman–Crippen MR) is 78.6 cm³/mol. The normalized spacial score (nSPS) is 12.5. The number of anilines is 1. The lowest BCUT2D eigenvalue weighted by Crippen LogP contribution is -2.36. The quantitative estimate of drug-likeness (QED) is 0.821. The summed E-state index contributed by atoms with van der Waals surface area (Å²) in [5, 5.41) is 8.97. The van der Waals surface area contributed by atoms with Crippen LogP contribution in [0.15, 0.2) is 24.3 Å². The Hall–Kier alpha value is -1.55. The minimum atomic E-state index is -0.773. The number of nitrogens with zero attached hydrogens (tertiary/aromatic N) is 2. The van der Waals surface area contributed by atoms with Crippen LogP contribution in [0.5, 0.6) is 0 Å². The molecule has 0 aromatic heterocycles. The molecule has 0 amide bonds. The Labute approximate surface area is 115 Å². The highest BCUT2D eigenvalue weighted by atomic mass is 16.4. The Morgan fingerprint density at radius 2 is 1.84 bits per heavy atom. The van der Waals surface area contributed by atoms with Crippen LogP contribution in [0.4, 0.5) is 5.69 Å². The minimum absolute atomic E-state index is 0.0877. The van der Waals surface area contributed by atoms with Crippen molar-refractivity contribution in [3.05, 3.63) is 29.8 Å². The molecular weight excluding hydrogens is 240 g/mol. The van der Waals surface area contributed by atoms with Gasteiger partial charge in [0.2, 0.25) is 0 Å². The van der Waals surface area contributed by atoms with Gasteiger partial charge in [0.1, 0.15) is 0 Å². The second kappa shape index (κ2) is 7.14. The highest BCUT2D eigenvalue weighted by Gasteiger charge is 2.15. The first-order valence-electron chi connectivity index (χ1n) is 6.66. The molecule has 0 saturated carbocycles. The molecule has 1 unspecified atom stereocenters. The molecule has 106 valence electrons. The number of aliphatic carboxylic acids is 1. The van der Waals surface area contributed by atoms with Crippen LogP contribution in [-0.4, -0.2) is 42.7 Å². The summed E-state index contributed by atoms with van der Waals surface area (Å²) in [4.78, 5) is 15.0. The second-order valence-electron chi connectivity index (χ2n) is 5.12. The Morgan fingerprint density at radius 1 is 1.26 bits per heavy atom. The van der Waals surface area contributed by atoms with E-state index in [9.17, 15) is 4.79 Å². The van der Waals surface area contributed by atoms with Crippen molar-refractivity contribution >= 4 is 11.7 Å². The standard InChI is InChI=1S/C15H24N2O2/c1-5-12(2)17(11-15(18)19)10-13-6-8-14(9-7-13)16(3)4/h6-9,12H,5,10-11H2,1-4H3,(H,18,19). The molecule has 0 aliphatic heterocycles. The molecule has 0 bridgehead atoms. The average Bonchev–Trinajstić information content (AvgIpc) is 2.37. The van der Waals surface area contributed by atoms with Crippen molar-refractivity contribution in [1.29, 1.82) is 0 Å². The van der Waals surface area contributed by atoms with Crippen LogP contribution in [0, 0.1) is 0 Å². The summed E-state index contributed by atoms with van der Waals surface area (Å²) >= 11 is 0. The van der Waals surface area contributed by atoms with Crippen LogP contribution in [0.3, 0.4) is 0 Å². The van der Waals surface area contributed by atoms with Crippen molar-refractivity contribution in [1.82, 2.24) is 4.90 Å². The number of carboxylic acid groups (broad SMARTS) is 1. The van der Waals surface area contributed by atoms with Gasteiger partial charge >= 0.3 is 5.97 Å². The van der Waals surface area contributed by atoms with E-state index in [1.165, 1.54) is 0 Å². The number of hydrogen-bond acceptors (Lipinski definition) is 3. The van der Waals surface area contributed by atoms with Gasteiger partial charge in [-0.1, -0.05) is 19.1 Å². The molecule has 4 nitrogen and oxygen atoms in total. The maximum Gasteiger partial charge on any atom is 0.317 e. The van der Waals surface area contributed by atoms with Crippen molar-refractivity contribution in [2.24, 2.45) is 0 Å². The van der Waals surface area contributed by atoms with E-state index < -0.39 is 5.97 Å². The summed E-state index contributed by atoms with van der Waals surface area (Å²) in [6, 6.07) is 8.51. The molecule has 1 atom stereocenters. The molecule has 0 aliphatic carbocycles. The van der Waals surface area contributed by atoms with Crippen molar-refractivity contribution in [2.75, 3.05) is 25.5 Å². The molecule has 0 saturated heterocycles. The summed E-state index contributed by atoms with van der Waals surface area (Å²) in [5.74, 6) is -0.773. The number of benzene rings is 1. The van der Waals surface area contributed by atoms with Crippen LogP contribution in [0.1, 0.15) is 25.8 Å². The summed E-state index contributed by atoms with van der Waals surface area (Å²) in [6.07, 6.45) is 0.947. The zero-order valence-electron chi connectivity index (χ0n) is 12.3. The summed E-state index contributed by atoms with van der Waals surface area (Å²) < 4.78 is 0. The van der Waals surface area contributed by atoms with E-state index >= 15 is 0 Å². The Balaban J connectivity index is 2.75. The lowest BCUT2D eigenvalue weighted by atomic mass is 10.1. The smallest absolute Gasteiger partial charge is 0.317 e. The first-order chi connectivity index (χ1) is 8.93. The molecule has 1 N–H and O–H groups in total. The van der Waals surface area contributed by atoms with Gasteiger partial charge in [0, 0.05) is 32.4 Å². The van der Waals surface area contributed by atoms with Crippen LogP contribution < -0.4 is 4.90 Å². The van der Waals surface area contributed by atoms with Crippen LogP contribution in [-0.2, 0) is 11.3 Å². The lowest BCUT2D eigenvalue weighted by molar-refractivity contribution is -0.139. The van der Waals surface area contributed by atoms with Gasteiger partial charge in [-0.15, -0.1) is 0 Å². The number of carbonyl (C=O) groups is 1. The molecule has 0 spiro atoms. The van der Waals surface area contributed by atoms with E-state index in [0.717, 1.165) is 17.7 Å². The monoisotopic (exact) mass is 264 g/mol. The molecule has 0 aliphatic rings. The van der Waals surface area contributed by atoms with Crippen LogP contribution in [0.25, 0.3) is 0 Å². The Morgan fingerprint density at radius 3 is 2.26 bits per heavy atom. The third kappa shape index (κ3) is 4.91. The van der Waals surface area contributed by atoms with Crippen molar-refractivity contribution in [3.63, 3.8) is 0 Å². The van der Waals surface area contributed by atoms with Gasteiger partial charge in [0.15, 0.2) is 0 Å². The van der Waals surface area contributed by atoms with Gasteiger partial charge < -0.3 is 10.0 Å². The number of rotatable bonds is 7. The van der Waals surface area contributed by atoms with E-state index in [1.807, 2.05) is 23.9 Å². The molecule has 0 heterocycles. The van der Waals surface area contributed by atoms with Crippen molar-refractivity contribution < 1.29 is 9.90 Å². The minimum Gasteiger partial charge on any atom is -0.480 e. The van der Waals surface area contributed by atoms with E-state index in [-0.39, 0.29) is 12.6 Å². The van der Waals surface area contributed by atoms with E-state index in [1.54, 1.807) is 0 Å². The van der Waals surface area contributed by atoms with Gasteiger partial charge in [-0.25, -0.2) is 0 Å². The van der Waals surface area contributed by atoms with Gasteiger partial charge in [0.05, 0.1) is 6.54 Å². The van der Waals surface area contributed by atoms with Gasteiger partial charge in [-0.3, -0.25) is 9.69 Å². The maximum atomic E-state index is 10.9. The Bertz CT molecular complexity index is 401. The number of hydrogen-bond donors (Lipinski definition) is 1. The van der Waals surface area contributed by atoms with Gasteiger partial charge in [0.25, 0.3) is 0 Å². The fourth-order valence-electron chi connectivity index (χ4n) is 1.93. The highest BCUT2D eigenvalue weighted by molar-refractivity contribution is 5.69. The molecule has 1 rings (SSSR count). The zero-order chi connectivity index (χ0) is 14.4. The fraction of sp³-hybridized carbons (Fsp3) is 0.533. The van der Waals surface area contributed by atoms with Crippen molar-refractivity contribution in [3.8, 4) is 0 Å². The summed E-state index contributed by atoms with van der Waals surface area (Å²) in [6.45, 7) is 4.91. The molecule has 19 heavy (non-hydrogen) atoms. The number of carboxylic acids is 1. The molecule has 0 radical (unpaired) electrons. The van der Waals surface area contributed by atoms with E-state index in [0.29, 0.717) is 6.54 Å². The fourth-order valence-corrected chi connectivity index (χ4v) is 1.93. The van der Waals surface area contributed by atoms with E-state index in [4.69, 9.17) is 5.11 Å². The third-order valence-corrected chi connectivity index (χ3v) is 3.39. The zero-order valence-corrected chi connectivity index (χ0v) is 12.3. The predicted octanol–water partition coefficient (Wildman–Crippen LogP) is 2.44.